The largest absolute Gasteiger partial charge is 0.461 e. The van der Waals surface area contributed by atoms with E-state index < -0.39 is 0 Å². The molecule has 2 heteroatoms. The highest BCUT2D eigenvalue weighted by atomic mass is 16.6. The molecule has 0 spiro atoms. The van der Waals surface area contributed by atoms with E-state index in [0.717, 1.165) is 0 Å². The van der Waals surface area contributed by atoms with E-state index in [2.05, 4.69) is 24.3 Å². The Kier molecular flexibility index (Phi) is 0.859. The van der Waals surface area contributed by atoms with Crippen LogP contribution >= 0.6 is 0 Å². The molecular weight excluding hydrogens is 164 g/mol. The number of fused-ring (bicyclic) bond motifs is 1. The molecule has 0 aromatic carbocycles. The SMILES string of the molecule is O=C1O[C@H]2[C@H]3C=C[C@@H]4[C@H](C=C[C@@H]13)[C@H]42. The Morgan fingerprint density at radius 2 is 1.69 bits per heavy atom. The quantitative estimate of drug-likeness (QED) is 0.406. The van der Waals surface area contributed by atoms with Gasteiger partial charge in [0.1, 0.15) is 6.10 Å². The number of rotatable bonds is 0. The van der Waals surface area contributed by atoms with E-state index in [1.54, 1.807) is 0 Å². The third kappa shape index (κ3) is 0.578. The standard InChI is InChI=1S/C11H10O2/c12-11-8-4-2-6-5-1-3-7(8)10(13-11)9(5)6/h1-10H/t5-,6+,7+,8-,9+,10+/m1/s1. The molecule has 1 aliphatic heterocycles. The smallest absolute Gasteiger partial charge is 0.313 e. The van der Waals surface area contributed by atoms with Gasteiger partial charge >= 0.3 is 5.97 Å². The van der Waals surface area contributed by atoms with Gasteiger partial charge in [0.05, 0.1) is 5.92 Å². The van der Waals surface area contributed by atoms with Crippen LogP contribution in [0.5, 0.6) is 0 Å². The minimum absolute atomic E-state index is 0.0121. The number of carbonyl (C=O) groups is 1. The van der Waals surface area contributed by atoms with Gasteiger partial charge < -0.3 is 4.74 Å². The Balaban J connectivity index is 1.93. The van der Waals surface area contributed by atoms with E-state index in [-0.39, 0.29) is 18.0 Å². The molecular formula is C11H10O2. The molecule has 2 fully saturated rings. The minimum atomic E-state index is -0.0121. The summed E-state index contributed by atoms with van der Waals surface area (Å²) in [5.41, 5.74) is 0. The molecule has 0 aromatic rings. The first-order valence-electron chi connectivity index (χ1n) is 4.93. The van der Waals surface area contributed by atoms with Gasteiger partial charge in [0.25, 0.3) is 0 Å². The maximum atomic E-state index is 11.5. The van der Waals surface area contributed by atoms with E-state index in [1.165, 1.54) is 0 Å². The van der Waals surface area contributed by atoms with Gasteiger partial charge in [-0.2, -0.15) is 0 Å². The second-order valence-corrected chi connectivity index (χ2v) is 4.51. The zero-order valence-electron chi connectivity index (χ0n) is 7.09. The van der Waals surface area contributed by atoms with Crippen molar-refractivity contribution < 1.29 is 9.53 Å². The lowest BCUT2D eigenvalue weighted by molar-refractivity contribution is -0.144. The molecule has 66 valence electrons. The van der Waals surface area contributed by atoms with Crippen LogP contribution in [0.4, 0.5) is 0 Å². The fourth-order valence-corrected chi connectivity index (χ4v) is 3.26. The Bertz CT molecular complexity index is 355. The summed E-state index contributed by atoms with van der Waals surface area (Å²) >= 11 is 0. The van der Waals surface area contributed by atoms with Gasteiger partial charge in [-0.3, -0.25) is 4.79 Å². The summed E-state index contributed by atoms with van der Waals surface area (Å²) in [7, 11) is 0. The Hall–Kier alpha value is -1.05. The summed E-state index contributed by atoms with van der Waals surface area (Å²) in [6.07, 6.45) is 8.99. The number of esters is 1. The van der Waals surface area contributed by atoms with Gasteiger partial charge in [0.15, 0.2) is 0 Å². The van der Waals surface area contributed by atoms with Crippen LogP contribution in [0.1, 0.15) is 0 Å². The molecule has 6 atom stereocenters. The topological polar surface area (TPSA) is 26.3 Å². The summed E-state index contributed by atoms with van der Waals surface area (Å²) < 4.78 is 5.41. The Morgan fingerprint density at radius 3 is 2.54 bits per heavy atom. The molecule has 1 saturated carbocycles. The predicted octanol–water partition coefficient (Wildman–Crippen LogP) is 1.15. The third-order valence-corrected chi connectivity index (χ3v) is 3.99. The maximum Gasteiger partial charge on any atom is 0.313 e. The molecule has 4 bridgehead atoms. The summed E-state index contributed by atoms with van der Waals surface area (Å²) in [6.45, 7) is 0. The van der Waals surface area contributed by atoms with E-state index in [4.69, 9.17) is 4.74 Å². The van der Waals surface area contributed by atoms with Crippen molar-refractivity contribution in [3.8, 4) is 0 Å². The second kappa shape index (κ2) is 1.74. The van der Waals surface area contributed by atoms with Crippen molar-refractivity contribution in [3.63, 3.8) is 0 Å². The van der Waals surface area contributed by atoms with Crippen LogP contribution in [0.3, 0.4) is 0 Å². The van der Waals surface area contributed by atoms with Crippen molar-refractivity contribution in [3.05, 3.63) is 24.3 Å². The molecule has 0 radical (unpaired) electrons. The van der Waals surface area contributed by atoms with Crippen LogP contribution in [0.15, 0.2) is 24.3 Å². The van der Waals surface area contributed by atoms with Crippen molar-refractivity contribution in [1.29, 1.82) is 0 Å². The highest BCUT2D eigenvalue weighted by Gasteiger charge is 2.62. The summed E-state index contributed by atoms with van der Waals surface area (Å²) in [5, 5.41) is 0. The highest BCUT2D eigenvalue weighted by Crippen LogP contribution is 2.60. The second-order valence-electron chi connectivity index (χ2n) is 4.51. The Morgan fingerprint density at radius 1 is 1.00 bits per heavy atom. The molecule has 4 rings (SSSR count). The number of allylic oxidation sites excluding steroid dienone is 2. The van der Waals surface area contributed by atoms with Crippen LogP contribution in [0, 0.1) is 29.6 Å². The van der Waals surface area contributed by atoms with Gasteiger partial charge in [-0.25, -0.2) is 0 Å². The first kappa shape index (κ1) is 6.41. The van der Waals surface area contributed by atoms with Crippen molar-refractivity contribution >= 4 is 5.97 Å². The fourth-order valence-electron chi connectivity index (χ4n) is 3.26. The molecule has 1 saturated heterocycles. The van der Waals surface area contributed by atoms with Gasteiger partial charge in [-0.1, -0.05) is 24.3 Å². The number of hydrogen-bond acceptors (Lipinski definition) is 2. The van der Waals surface area contributed by atoms with Crippen molar-refractivity contribution in [2.24, 2.45) is 29.6 Å². The van der Waals surface area contributed by atoms with Crippen LogP contribution in [-0.4, -0.2) is 12.1 Å². The molecule has 1 heterocycles. The lowest BCUT2D eigenvalue weighted by atomic mass is 9.85. The van der Waals surface area contributed by atoms with Gasteiger partial charge in [-0.15, -0.1) is 0 Å². The zero-order chi connectivity index (χ0) is 8.58. The van der Waals surface area contributed by atoms with Crippen molar-refractivity contribution in [2.45, 2.75) is 6.10 Å². The monoisotopic (exact) mass is 174 g/mol. The molecule has 4 aliphatic rings. The first-order chi connectivity index (χ1) is 6.36. The molecule has 0 amide bonds. The highest BCUT2D eigenvalue weighted by molar-refractivity contribution is 5.78. The van der Waals surface area contributed by atoms with Crippen LogP contribution in [-0.2, 0) is 9.53 Å². The zero-order valence-corrected chi connectivity index (χ0v) is 7.09. The molecule has 0 unspecified atom stereocenters. The fraction of sp³-hybridized carbons (Fsp3) is 0.545. The third-order valence-electron chi connectivity index (χ3n) is 3.99. The normalized spacial score (nSPS) is 58.9. The van der Waals surface area contributed by atoms with Crippen LogP contribution in [0.2, 0.25) is 0 Å². The van der Waals surface area contributed by atoms with Gasteiger partial charge in [-0.05, 0) is 11.8 Å². The number of ether oxygens (including phenoxy) is 1. The Labute approximate surface area is 76.3 Å². The molecule has 2 nitrogen and oxygen atoms in total. The van der Waals surface area contributed by atoms with Crippen molar-refractivity contribution in [2.75, 3.05) is 0 Å². The van der Waals surface area contributed by atoms with E-state index in [9.17, 15) is 4.79 Å². The van der Waals surface area contributed by atoms with Gasteiger partial charge in [0.2, 0.25) is 0 Å². The van der Waals surface area contributed by atoms with Crippen LogP contribution in [0.25, 0.3) is 0 Å². The maximum absolute atomic E-state index is 11.5. The summed E-state index contributed by atoms with van der Waals surface area (Å²) in [4.78, 5) is 11.5. The lowest BCUT2D eigenvalue weighted by Crippen LogP contribution is -2.22. The molecule has 0 N–H and O–H groups in total. The first-order valence-corrected chi connectivity index (χ1v) is 4.93. The van der Waals surface area contributed by atoms with E-state index in [1.807, 2.05) is 0 Å². The summed E-state index contributed by atoms with van der Waals surface area (Å²) in [5.74, 6) is 2.31. The van der Waals surface area contributed by atoms with E-state index in [0.29, 0.717) is 23.7 Å². The van der Waals surface area contributed by atoms with Crippen molar-refractivity contribution in [1.82, 2.24) is 0 Å². The predicted molar refractivity (Wildman–Crippen MR) is 45.6 cm³/mol. The average Bonchev–Trinajstić information content (AvgIpc) is 2.68. The lowest BCUT2D eigenvalue weighted by Gasteiger charge is -2.18. The van der Waals surface area contributed by atoms with E-state index >= 15 is 0 Å². The summed E-state index contributed by atoms with van der Waals surface area (Å²) in [6, 6.07) is 0. The molecule has 13 heavy (non-hydrogen) atoms. The molecule has 3 aliphatic carbocycles. The average molecular weight is 174 g/mol. The minimum Gasteiger partial charge on any atom is -0.461 e. The molecule has 0 aromatic heterocycles. The number of hydrogen-bond donors (Lipinski definition) is 0. The van der Waals surface area contributed by atoms with Crippen LogP contribution < -0.4 is 0 Å². The number of carbonyl (C=O) groups excluding carboxylic acids is 1. The van der Waals surface area contributed by atoms with Gasteiger partial charge in [0, 0.05) is 11.8 Å².